The topological polar surface area (TPSA) is 9.86 Å². The van der Waals surface area contributed by atoms with Gasteiger partial charge in [0, 0.05) is 38.6 Å². The molecule has 0 aliphatic rings. The van der Waals surface area contributed by atoms with Crippen molar-refractivity contribution in [1.29, 1.82) is 0 Å². The van der Waals surface area contributed by atoms with E-state index in [1.165, 1.54) is 10.8 Å². The average molecular weight is 832 g/mol. The van der Waals surface area contributed by atoms with Gasteiger partial charge in [-0.25, -0.2) is 0 Å². The normalized spacial score (nSPS) is 11.7. The Hall–Kier alpha value is -7.49. The van der Waals surface area contributed by atoms with Crippen molar-refractivity contribution in [2.45, 2.75) is 0 Å². The monoisotopic (exact) mass is 832 g/mol. The lowest BCUT2D eigenvalue weighted by Gasteiger charge is -2.19. The van der Waals surface area contributed by atoms with E-state index in [0.717, 1.165) is 72.1 Å². The summed E-state index contributed by atoms with van der Waals surface area (Å²) in [6.07, 6.45) is 0. The number of benzene rings is 10. The van der Waals surface area contributed by atoms with Gasteiger partial charge in [-0.2, -0.15) is 0 Å². The summed E-state index contributed by atoms with van der Waals surface area (Å²) < 4.78 is 4.26. The van der Waals surface area contributed by atoms with Crippen LogP contribution >= 0.6 is 0 Å². The van der Waals surface area contributed by atoms with Crippen LogP contribution in [0.2, 0.25) is 0 Å². The second kappa shape index (κ2) is 15.8. The molecule has 2 aromatic heterocycles. The van der Waals surface area contributed by atoms with Crippen molar-refractivity contribution < 1.29 is 0 Å². The predicted octanol–water partition coefficient (Wildman–Crippen LogP) is 7.26. The highest BCUT2D eigenvalue weighted by Gasteiger charge is 2.25. The van der Waals surface area contributed by atoms with Gasteiger partial charge in [0.15, 0.2) is 0 Å². The number of hydrogen-bond acceptors (Lipinski definition) is 0. The van der Waals surface area contributed by atoms with Crippen molar-refractivity contribution in [3.63, 3.8) is 0 Å². The molecule has 0 aliphatic carbocycles. The van der Waals surface area contributed by atoms with Gasteiger partial charge in [0.2, 0.25) is 0 Å². The van der Waals surface area contributed by atoms with E-state index in [0.29, 0.717) is 43.8 Å². The fourth-order valence-electron chi connectivity index (χ4n) is 10.2. The number of fused-ring (bicyclic) bond motifs is 7. The smallest absolute Gasteiger partial charge is 0.115 e. The van der Waals surface area contributed by atoms with Crippen LogP contribution in [0.4, 0.5) is 0 Å². The van der Waals surface area contributed by atoms with Gasteiger partial charge in [0.25, 0.3) is 0 Å². The minimum Gasteiger partial charge on any atom is -0.311 e. The number of aromatic nitrogens is 2. The summed E-state index contributed by atoms with van der Waals surface area (Å²) in [5, 5.41) is 5.58. The summed E-state index contributed by atoms with van der Waals surface area (Å²) >= 11 is 0. The van der Waals surface area contributed by atoms with Crippen LogP contribution in [0.15, 0.2) is 188 Å². The number of rotatable bonds is 6. The molecule has 12 rings (SSSR count). The average Bonchev–Trinajstić information content (AvgIpc) is 3.91. The van der Waals surface area contributed by atoms with E-state index in [-0.39, 0.29) is 21.9 Å². The molecular weight excluding hydrogens is 800 g/mol. The Bertz CT molecular complexity index is 3960. The molecule has 0 spiro atoms. The summed E-state index contributed by atoms with van der Waals surface area (Å²) in [6, 6.07) is 65.4. The summed E-state index contributed by atoms with van der Waals surface area (Å²) in [4.78, 5) is 0. The van der Waals surface area contributed by atoms with E-state index in [4.69, 9.17) is 54.9 Å². The maximum atomic E-state index is 7.43. The molecule has 0 bridgehead atoms. The lowest BCUT2D eigenvalue weighted by atomic mass is 9.64. The van der Waals surface area contributed by atoms with Crippen LogP contribution in [0.5, 0.6) is 0 Å². The highest BCUT2D eigenvalue weighted by molar-refractivity contribution is 6.69. The predicted molar refractivity (Wildman–Crippen MR) is 292 cm³/mol. The zero-order valence-electron chi connectivity index (χ0n) is 36.3. The van der Waals surface area contributed by atoms with Crippen LogP contribution in [-0.4, -0.2) is 64.1 Å². The quantitative estimate of drug-likeness (QED) is 0.156. The molecule has 0 saturated heterocycles. The SMILES string of the molecule is [B]c1c([B])c([B])c2c(c1[B])c1c([B])c(-c3ccc4c(c3)c3cc(-c5cccc6ccccc56)ccc3n4-c3ccc(-c4ccccc4)cc3)c([B])c([B])c1n2-c1ccc(-c2ccccc2)cc1. The van der Waals surface area contributed by atoms with Gasteiger partial charge in [0.05, 0.1) is 11.0 Å². The van der Waals surface area contributed by atoms with Gasteiger partial charge in [-0.1, -0.05) is 167 Å². The Labute approximate surface area is 398 Å². The van der Waals surface area contributed by atoms with Crippen molar-refractivity contribution in [2.75, 3.05) is 0 Å². The van der Waals surface area contributed by atoms with E-state index < -0.39 is 0 Å². The van der Waals surface area contributed by atoms with Crippen LogP contribution in [0.3, 0.4) is 0 Å². The molecule has 0 amide bonds. The lowest BCUT2D eigenvalue weighted by Crippen LogP contribution is -2.48. The molecule has 294 valence electrons. The van der Waals surface area contributed by atoms with Crippen LogP contribution < -0.4 is 38.2 Å². The lowest BCUT2D eigenvalue weighted by molar-refractivity contribution is 1.18. The Balaban J connectivity index is 1.11. The Morgan fingerprint density at radius 1 is 0.284 bits per heavy atom. The van der Waals surface area contributed by atoms with Crippen LogP contribution in [0, 0.1) is 0 Å². The Morgan fingerprint density at radius 2 is 0.731 bits per heavy atom. The standard InChI is InChI=1S/C58H31B7N2/c59-50-47(51(60)55(64)57-48(50)49-52(61)53(62)54(63)56(65)58(49)67(57)40-26-20-35(21-27-40)33-12-5-2-6-13-33)38-23-29-46-44(31-38)43-30-37(42-17-9-15-36-14-7-8-16-41(36)42)22-28-45(43)66(46)39-24-18-34(19-25-39)32-10-3-1-4-11-32/h1-31H. The zero-order valence-corrected chi connectivity index (χ0v) is 36.3. The number of hydrogen-bond donors (Lipinski definition) is 0. The largest absolute Gasteiger partial charge is 0.311 e. The molecule has 10 aromatic carbocycles. The van der Waals surface area contributed by atoms with Crippen LogP contribution in [0.1, 0.15) is 0 Å². The molecule has 0 N–H and O–H groups in total. The maximum absolute atomic E-state index is 7.43. The molecule has 0 unspecified atom stereocenters. The van der Waals surface area contributed by atoms with E-state index >= 15 is 0 Å². The molecular formula is C58H31B7N2. The second-order valence-corrected chi connectivity index (χ2v) is 17.2. The van der Waals surface area contributed by atoms with Gasteiger partial charge in [-0.05, 0) is 109 Å². The highest BCUT2D eigenvalue weighted by Crippen LogP contribution is 2.39. The molecule has 9 heteroatoms. The van der Waals surface area contributed by atoms with Crippen molar-refractivity contribution in [3.8, 4) is 55.9 Å². The Morgan fingerprint density at radius 3 is 1.34 bits per heavy atom. The fraction of sp³-hybridized carbons (Fsp3) is 0. The van der Waals surface area contributed by atoms with E-state index in [9.17, 15) is 0 Å². The van der Waals surface area contributed by atoms with Gasteiger partial charge in [-0.15, -0.1) is 10.9 Å². The summed E-state index contributed by atoms with van der Waals surface area (Å²) in [5.74, 6) is 0. The Kier molecular flexibility index (Phi) is 9.69. The number of nitrogens with zero attached hydrogens (tertiary/aromatic N) is 2. The van der Waals surface area contributed by atoms with Crippen molar-refractivity contribution in [1.82, 2.24) is 9.13 Å². The molecule has 2 heterocycles. The second-order valence-electron chi connectivity index (χ2n) is 17.2. The molecule has 0 atom stereocenters. The van der Waals surface area contributed by atoms with E-state index in [1.54, 1.807) is 0 Å². The summed E-state index contributed by atoms with van der Waals surface area (Å²) in [5.41, 5.74) is 14.9. The first kappa shape index (κ1) is 41.0. The summed E-state index contributed by atoms with van der Waals surface area (Å²) in [6.45, 7) is 0. The molecule has 2 nitrogen and oxygen atoms in total. The molecule has 0 aliphatic heterocycles. The zero-order chi connectivity index (χ0) is 45.7. The van der Waals surface area contributed by atoms with E-state index in [2.05, 4.69) is 156 Å². The first-order chi connectivity index (χ1) is 32.7. The van der Waals surface area contributed by atoms with Crippen molar-refractivity contribution in [2.24, 2.45) is 0 Å². The first-order valence-corrected chi connectivity index (χ1v) is 22.1. The van der Waals surface area contributed by atoms with Crippen molar-refractivity contribution in [3.05, 3.63) is 188 Å². The maximum Gasteiger partial charge on any atom is 0.115 e. The third kappa shape index (κ3) is 6.35. The fourth-order valence-corrected chi connectivity index (χ4v) is 10.2. The minimum absolute atomic E-state index is 0.174. The molecule has 14 radical (unpaired) electrons. The van der Waals surface area contributed by atoms with E-state index in [1.807, 2.05) is 41.0 Å². The highest BCUT2D eigenvalue weighted by atomic mass is 15.0. The van der Waals surface area contributed by atoms with Crippen molar-refractivity contribution >= 4 is 148 Å². The third-order valence-electron chi connectivity index (χ3n) is 13.5. The molecule has 0 fully saturated rings. The van der Waals surface area contributed by atoms with Gasteiger partial charge in [0.1, 0.15) is 54.9 Å². The van der Waals surface area contributed by atoms with Gasteiger partial charge in [-0.3, -0.25) is 0 Å². The van der Waals surface area contributed by atoms with Gasteiger partial charge >= 0.3 is 0 Å². The van der Waals surface area contributed by atoms with Crippen LogP contribution in [0.25, 0.3) is 110 Å². The minimum atomic E-state index is 0.174. The van der Waals surface area contributed by atoms with Crippen LogP contribution in [-0.2, 0) is 0 Å². The van der Waals surface area contributed by atoms with Gasteiger partial charge < -0.3 is 9.13 Å². The third-order valence-corrected chi connectivity index (χ3v) is 13.5. The molecule has 67 heavy (non-hydrogen) atoms. The molecule has 0 saturated carbocycles. The first-order valence-electron chi connectivity index (χ1n) is 22.1. The molecule has 12 aromatic rings. The summed E-state index contributed by atoms with van der Waals surface area (Å²) in [7, 11) is 48.9.